The molecule has 0 aromatic rings. The third kappa shape index (κ3) is 2.71. The van der Waals surface area contributed by atoms with Crippen LogP contribution in [-0.2, 0) is 0 Å². The SMILES string of the molecule is CCNCCC1(C)NC(C)(C)C(C)(C)N1. The van der Waals surface area contributed by atoms with Crippen LogP contribution >= 0.6 is 0 Å². The first-order valence-corrected chi connectivity index (χ1v) is 6.02. The zero-order chi connectivity index (χ0) is 11.7. The molecule has 1 aliphatic rings. The van der Waals surface area contributed by atoms with Gasteiger partial charge in [0.2, 0.25) is 0 Å². The molecule has 15 heavy (non-hydrogen) atoms. The fourth-order valence-corrected chi connectivity index (χ4v) is 2.36. The number of nitrogens with one attached hydrogen (secondary N) is 3. The van der Waals surface area contributed by atoms with Crippen LogP contribution in [0.2, 0.25) is 0 Å². The fraction of sp³-hybridized carbons (Fsp3) is 1.00. The molecule has 0 unspecified atom stereocenters. The molecule has 3 heteroatoms. The molecule has 0 aromatic heterocycles. The molecular formula is C12H27N3. The van der Waals surface area contributed by atoms with Crippen molar-refractivity contribution in [2.75, 3.05) is 13.1 Å². The number of rotatable bonds is 4. The Labute approximate surface area is 94.4 Å². The molecule has 3 nitrogen and oxygen atoms in total. The summed E-state index contributed by atoms with van der Waals surface area (Å²) in [4.78, 5) is 0. The van der Waals surface area contributed by atoms with Crippen molar-refractivity contribution in [2.24, 2.45) is 0 Å². The topological polar surface area (TPSA) is 36.1 Å². The van der Waals surface area contributed by atoms with E-state index in [1.807, 2.05) is 0 Å². The Bertz CT molecular complexity index is 205. The van der Waals surface area contributed by atoms with Crippen LogP contribution in [0.4, 0.5) is 0 Å². The summed E-state index contributed by atoms with van der Waals surface area (Å²) in [7, 11) is 0. The maximum absolute atomic E-state index is 3.70. The van der Waals surface area contributed by atoms with Crippen LogP contribution < -0.4 is 16.0 Å². The Morgan fingerprint density at radius 2 is 1.40 bits per heavy atom. The van der Waals surface area contributed by atoms with Crippen molar-refractivity contribution < 1.29 is 0 Å². The summed E-state index contributed by atoms with van der Waals surface area (Å²) in [6.45, 7) is 15.5. The highest BCUT2D eigenvalue weighted by atomic mass is 15.3. The van der Waals surface area contributed by atoms with E-state index >= 15 is 0 Å². The first-order chi connectivity index (χ1) is 6.72. The summed E-state index contributed by atoms with van der Waals surface area (Å²) in [5.41, 5.74) is 0.317. The van der Waals surface area contributed by atoms with E-state index in [0.29, 0.717) is 0 Å². The van der Waals surface area contributed by atoms with Crippen LogP contribution in [0.3, 0.4) is 0 Å². The van der Waals surface area contributed by atoms with Gasteiger partial charge in [-0.15, -0.1) is 0 Å². The van der Waals surface area contributed by atoms with E-state index in [9.17, 15) is 0 Å². The van der Waals surface area contributed by atoms with Gasteiger partial charge in [-0.2, -0.15) is 0 Å². The predicted molar refractivity (Wildman–Crippen MR) is 66.0 cm³/mol. The highest BCUT2D eigenvalue weighted by Gasteiger charge is 2.50. The molecule has 1 fully saturated rings. The normalized spacial score (nSPS) is 26.8. The number of hydrogen-bond acceptors (Lipinski definition) is 3. The van der Waals surface area contributed by atoms with Crippen LogP contribution in [-0.4, -0.2) is 29.8 Å². The van der Waals surface area contributed by atoms with Gasteiger partial charge in [0.15, 0.2) is 0 Å². The van der Waals surface area contributed by atoms with Gasteiger partial charge < -0.3 is 5.32 Å². The van der Waals surface area contributed by atoms with Gasteiger partial charge in [0.1, 0.15) is 0 Å². The summed E-state index contributed by atoms with van der Waals surface area (Å²) in [5, 5.41) is 10.8. The van der Waals surface area contributed by atoms with E-state index in [-0.39, 0.29) is 16.7 Å². The quantitative estimate of drug-likeness (QED) is 0.619. The molecule has 0 atom stereocenters. The predicted octanol–water partition coefficient (Wildman–Crippen LogP) is 1.45. The lowest BCUT2D eigenvalue weighted by atomic mass is 9.85. The molecule has 1 aliphatic heterocycles. The molecule has 0 radical (unpaired) electrons. The standard InChI is InChI=1S/C12H27N3/c1-7-13-9-8-12(6)14-10(2,3)11(4,5)15-12/h13-15H,7-9H2,1-6H3. The number of hydrogen-bond donors (Lipinski definition) is 3. The van der Waals surface area contributed by atoms with Crippen LogP contribution in [0.5, 0.6) is 0 Å². The van der Waals surface area contributed by atoms with Crippen LogP contribution in [0.25, 0.3) is 0 Å². The minimum absolute atomic E-state index is 0.0508. The van der Waals surface area contributed by atoms with Crippen molar-refractivity contribution in [1.29, 1.82) is 0 Å². The minimum Gasteiger partial charge on any atom is -0.317 e. The summed E-state index contributed by atoms with van der Waals surface area (Å²) in [5.74, 6) is 0. The van der Waals surface area contributed by atoms with E-state index in [4.69, 9.17) is 0 Å². The Balaban J connectivity index is 2.59. The second kappa shape index (κ2) is 4.04. The molecule has 0 spiro atoms. The van der Waals surface area contributed by atoms with Gasteiger partial charge in [0, 0.05) is 11.1 Å². The highest BCUT2D eigenvalue weighted by molar-refractivity contribution is 5.12. The molecule has 1 saturated heterocycles. The molecule has 0 aromatic carbocycles. The van der Waals surface area contributed by atoms with Crippen molar-refractivity contribution in [3.8, 4) is 0 Å². The second-order valence-corrected chi connectivity index (χ2v) is 5.94. The van der Waals surface area contributed by atoms with Crippen molar-refractivity contribution >= 4 is 0 Å². The first kappa shape index (κ1) is 12.9. The molecule has 3 N–H and O–H groups in total. The molecule has 0 amide bonds. The molecule has 90 valence electrons. The second-order valence-electron chi connectivity index (χ2n) is 5.94. The van der Waals surface area contributed by atoms with Crippen LogP contribution in [0, 0.1) is 0 Å². The van der Waals surface area contributed by atoms with Gasteiger partial charge in [0.25, 0.3) is 0 Å². The monoisotopic (exact) mass is 213 g/mol. The summed E-state index contributed by atoms with van der Waals surface area (Å²) in [6.07, 6.45) is 1.10. The third-order valence-corrected chi connectivity index (χ3v) is 3.79. The lowest BCUT2D eigenvalue weighted by Gasteiger charge is -2.33. The van der Waals surface area contributed by atoms with Crippen molar-refractivity contribution in [2.45, 2.75) is 64.7 Å². The zero-order valence-corrected chi connectivity index (χ0v) is 11.1. The Morgan fingerprint density at radius 3 is 1.80 bits per heavy atom. The van der Waals surface area contributed by atoms with Crippen LogP contribution in [0.1, 0.15) is 48.0 Å². The van der Waals surface area contributed by atoms with Gasteiger partial charge in [-0.25, -0.2) is 0 Å². The van der Waals surface area contributed by atoms with Crippen molar-refractivity contribution in [3.63, 3.8) is 0 Å². The summed E-state index contributed by atoms with van der Waals surface area (Å²) < 4.78 is 0. The van der Waals surface area contributed by atoms with Crippen molar-refractivity contribution in [1.82, 2.24) is 16.0 Å². The molecule has 1 heterocycles. The molecule has 0 saturated carbocycles. The van der Waals surface area contributed by atoms with Gasteiger partial charge in [-0.1, -0.05) is 6.92 Å². The maximum Gasteiger partial charge on any atom is 0.0679 e. The Hall–Kier alpha value is -0.120. The average Bonchev–Trinajstić information content (AvgIpc) is 2.16. The van der Waals surface area contributed by atoms with Gasteiger partial charge in [-0.05, 0) is 54.1 Å². The third-order valence-electron chi connectivity index (χ3n) is 3.79. The maximum atomic E-state index is 3.70. The molecule has 0 aliphatic carbocycles. The van der Waals surface area contributed by atoms with Gasteiger partial charge >= 0.3 is 0 Å². The average molecular weight is 213 g/mol. The van der Waals surface area contributed by atoms with Gasteiger partial charge in [-0.3, -0.25) is 10.6 Å². The van der Waals surface area contributed by atoms with Gasteiger partial charge in [0.05, 0.1) is 5.66 Å². The Kier molecular flexibility index (Phi) is 3.49. The molecular weight excluding hydrogens is 186 g/mol. The highest BCUT2D eigenvalue weighted by Crippen LogP contribution is 2.32. The van der Waals surface area contributed by atoms with E-state index in [1.165, 1.54) is 0 Å². The Morgan fingerprint density at radius 1 is 0.933 bits per heavy atom. The molecule has 1 rings (SSSR count). The minimum atomic E-state index is 0.0508. The largest absolute Gasteiger partial charge is 0.317 e. The van der Waals surface area contributed by atoms with Crippen molar-refractivity contribution in [3.05, 3.63) is 0 Å². The zero-order valence-electron chi connectivity index (χ0n) is 11.1. The summed E-state index contributed by atoms with van der Waals surface area (Å²) >= 11 is 0. The lowest BCUT2D eigenvalue weighted by Crippen LogP contribution is -2.51. The van der Waals surface area contributed by atoms with Crippen LogP contribution in [0.15, 0.2) is 0 Å². The smallest absolute Gasteiger partial charge is 0.0679 e. The van der Waals surface area contributed by atoms with E-state index in [1.54, 1.807) is 0 Å². The summed E-state index contributed by atoms with van der Waals surface area (Å²) in [6, 6.07) is 0. The first-order valence-electron chi connectivity index (χ1n) is 6.02. The fourth-order valence-electron chi connectivity index (χ4n) is 2.36. The lowest BCUT2D eigenvalue weighted by molar-refractivity contribution is 0.295. The van der Waals surface area contributed by atoms with E-state index in [0.717, 1.165) is 19.5 Å². The molecule has 0 bridgehead atoms. The van der Waals surface area contributed by atoms with E-state index in [2.05, 4.69) is 57.5 Å². The van der Waals surface area contributed by atoms with E-state index < -0.39 is 0 Å².